The Bertz CT molecular complexity index is 393. The Labute approximate surface area is 99.8 Å². The van der Waals surface area contributed by atoms with E-state index in [0.717, 1.165) is 0 Å². The van der Waals surface area contributed by atoms with Crippen LogP contribution in [0.25, 0.3) is 0 Å². The molecule has 1 amide bonds. The first-order chi connectivity index (χ1) is 7.65. The van der Waals surface area contributed by atoms with E-state index >= 15 is 0 Å². The van der Waals surface area contributed by atoms with Crippen LogP contribution in [-0.4, -0.2) is 24.1 Å². The summed E-state index contributed by atoms with van der Waals surface area (Å²) in [7, 11) is 0. The second-order valence-corrected chi connectivity index (χ2v) is 3.53. The van der Waals surface area contributed by atoms with Gasteiger partial charge < -0.3 is 15.8 Å². The molecule has 86 valence electrons. The molecule has 16 heavy (non-hydrogen) atoms. The van der Waals surface area contributed by atoms with Crippen molar-refractivity contribution in [2.24, 2.45) is 5.73 Å². The number of hydrogen-bond acceptors (Lipinski definition) is 3. The van der Waals surface area contributed by atoms with E-state index in [1.54, 1.807) is 18.2 Å². The number of carbonyl (C=O) groups is 1. The smallest absolute Gasteiger partial charge is 0.250 e. The Morgan fingerprint density at radius 1 is 1.50 bits per heavy atom. The molecule has 0 atom stereocenters. The first-order valence-corrected chi connectivity index (χ1v) is 5.32. The van der Waals surface area contributed by atoms with Gasteiger partial charge in [0.25, 0.3) is 0 Å². The number of hydrogen-bond donors (Lipinski definition) is 2. The van der Waals surface area contributed by atoms with Gasteiger partial charge in [-0.2, -0.15) is 0 Å². The molecule has 0 unspecified atom stereocenters. The Morgan fingerprint density at radius 2 is 2.19 bits per heavy atom. The van der Waals surface area contributed by atoms with Gasteiger partial charge in [0.2, 0.25) is 5.91 Å². The van der Waals surface area contributed by atoms with Gasteiger partial charge in [-0.15, -0.1) is 0 Å². The summed E-state index contributed by atoms with van der Waals surface area (Å²) in [5, 5.41) is 2.70. The van der Waals surface area contributed by atoms with Crippen molar-refractivity contribution in [3.05, 3.63) is 29.8 Å². The number of anilines is 1. The third-order valence-corrected chi connectivity index (χ3v) is 2.12. The molecule has 0 heterocycles. The molecule has 1 aromatic carbocycles. The molecule has 0 bridgehead atoms. The fourth-order valence-electron chi connectivity index (χ4n) is 1.19. The minimum atomic E-state index is -0.217. The molecule has 1 aromatic rings. The summed E-state index contributed by atoms with van der Waals surface area (Å²) in [4.78, 5) is 11.7. The van der Waals surface area contributed by atoms with E-state index in [9.17, 15) is 4.79 Å². The standard InChI is InChI=1S/C11H14N2O2S/c1-2-15-7-10(14)13-9-6-4-3-5-8(9)11(12)16/h3-6H,2,7H2,1H3,(H2,12,16)(H,13,14). The molecule has 0 spiro atoms. The lowest BCUT2D eigenvalue weighted by atomic mass is 10.2. The monoisotopic (exact) mass is 238 g/mol. The third kappa shape index (κ3) is 3.60. The minimum absolute atomic E-state index is 0.0299. The van der Waals surface area contributed by atoms with Crippen LogP contribution in [0, 0.1) is 0 Å². The largest absolute Gasteiger partial charge is 0.389 e. The van der Waals surface area contributed by atoms with Crippen LogP contribution in [0.5, 0.6) is 0 Å². The van der Waals surface area contributed by atoms with Crippen LogP contribution in [-0.2, 0) is 9.53 Å². The normalized spacial score (nSPS) is 9.81. The lowest BCUT2D eigenvalue weighted by Crippen LogP contribution is -2.21. The van der Waals surface area contributed by atoms with Crippen LogP contribution in [0.1, 0.15) is 12.5 Å². The molecule has 0 aliphatic carbocycles. The molecule has 0 fully saturated rings. The maximum atomic E-state index is 11.4. The highest BCUT2D eigenvalue weighted by Gasteiger charge is 2.07. The number of ether oxygens (including phenoxy) is 1. The maximum absolute atomic E-state index is 11.4. The van der Waals surface area contributed by atoms with Crippen molar-refractivity contribution in [3.63, 3.8) is 0 Å². The molecule has 3 N–H and O–H groups in total. The molecule has 0 saturated heterocycles. The third-order valence-electron chi connectivity index (χ3n) is 1.90. The summed E-state index contributed by atoms with van der Waals surface area (Å²) in [6.45, 7) is 2.36. The van der Waals surface area contributed by atoms with Crippen LogP contribution in [0.15, 0.2) is 24.3 Å². The molecular formula is C11H14N2O2S. The molecular weight excluding hydrogens is 224 g/mol. The Balaban J connectivity index is 2.73. The highest BCUT2D eigenvalue weighted by Crippen LogP contribution is 2.14. The van der Waals surface area contributed by atoms with Crippen LogP contribution < -0.4 is 11.1 Å². The fourth-order valence-corrected chi connectivity index (χ4v) is 1.37. The fraction of sp³-hybridized carbons (Fsp3) is 0.273. The highest BCUT2D eigenvalue weighted by atomic mass is 32.1. The maximum Gasteiger partial charge on any atom is 0.250 e. The summed E-state index contributed by atoms with van der Waals surface area (Å²) >= 11 is 4.89. The van der Waals surface area contributed by atoms with E-state index in [0.29, 0.717) is 17.9 Å². The van der Waals surface area contributed by atoms with E-state index in [1.807, 2.05) is 13.0 Å². The van der Waals surface area contributed by atoms with Gasteiger partial charge in [0, 0.05) is 12.2 Å². The SMILES string of the molecule is CCOCC(=O)Nc1ccccc1C(N)=S. The second kappa shape index (κ2) is 6.19. The van der Waals surface area contributed by atoms with Gasteiger partial charge in [0.05, 0.1) is 5.69 Å². The Morgan fingerprint density at radius 3 is 2.81 bits per heavy atom. The van der Waals surface area contributed by atoms with Gasteiger partial charge in [0.1, 0.15) is 11.6 Å². The lowest BCUT2D eigenvalue weighted by molar-refractivity contribution is -0.120. The second-order valence-electron chi connectivity index (χ2n) is 3.10. The highest BCUT2D eigenvalue weighted by molar-refractivity contribution is 7.80. The van der Waals surface area contributed by atoms with E-state index < -0.39 is 0 Å². The van der Waals surface area contributed by atoms with E-state index in [2.05, 4.69) is 5.32 Å². The zero-order valence-corrected chi connectivity index (χ0v) is 9.84. The quantitative estimate of drug-likeness (QED) is 0.759. The molecule has 1 rings (SSSR count). The van der Waals surface area contributed by atoms with Crippen LogP contribution in [0.3, 0.4) is 0 Å². The number of benzene rings is 1. The topological polar surface area (TPSA) is 64.3 Å². The Kier molecular flexibility index (Phi) is 4.88. The number of carbonyl (C=O) groups excluding carboxylic acids is 1. The first-order valence-electron chi connectivity index (χ1n) is 4.91. The van der Waals surface area contributed by atoms with Crippen molar-refractivity contribution in [3.8, 4) is 0 Å². The number of nitrogens with one attached hydrogen (secondary N) is 1. The Hall–Kier alpha value is -1.46. The van der Waals surface area contributed by atoms with Crippen molar-refractivity contribution < 1.29 is 9.53 Å². The number of para-hydroxylation sites is 1. The number of thiocarbonyl (C=S) groups is 1. The zero-order valence-electron chi connectivity index (χ0n) is 9.03. The van der Waals surface area contributed by atoms with Crippen molar-refractivity contribution in [1.29, 1.82) is 0 Å². The van der Waals surface area contributed by atoms with Gasteiger partial charge in [-0.05, 0) is 19.1 Å². The molecule has 5 heteroatoms. The lowest BCUT2D eigenvalue weighted by Gasteiger charge is -2.09. The molecule has 4 nitrogen and oxygen atoms in total. The summed E-state index contributed by atoms with van der Waals surface area (Å²) in [6, 6.07) is 7.13. The molecule has 0 aromatic heterocycles. The molecule has 0 radical (unpaired) electrons. The number of rotatable bonds is 5. The molecule has 0 aliphatic rings. The summed E-state index contributed by atoms with van der Waals surface area (Å²) in [6.07, 6.45) is 0. The minimum Gasteiger partial charge on any atom is -0.389 e. The van der Waals surface area contributed by atoms with Crippen molar-refractivity contribution >= 4 is 28.8 Å². The number of nitrogens with two attached hydrogens (primary N) is 1. The van der Waals surface area contributed by atoms with Crippen LogP contribution in [0.4, 0.5) is 5.69 Å². The van der Waals surface area contributed by atoms with Crippen molar-refractivity contribution in [2.45, 2.75) is 6.92 Å². The summed E-state index contributed by atoms with van der Waals surface area (Å²) in [5.41, 5.74) is 6.81. The van der Waals surface area contributed by atoms with Crippen molar-refractivity contribution in [1.82, 2.24) is 0 Å². The van der Waals surface area contributed by atoms with Gasteiger partial charge >= 0.3 is 0 Å². The van der Waals surface area contributed by atoms with Gasteiger partial charge in [-0.25, -0.2) is 0 Å². The average Bonchev–Trinajstić information content (AvgIpc) is 2.27. The molecule has 0 saturated carbocycles. The van der Waals surface area contributed by atoms with Crippen LogP contribution in [0.2, 0.25) is 0 Å². The van der Waals surface area contributed by atoms with E-state index in [1.165, 1.54) is 0 Å². The molecule has 0 aliphatic heterocycles. The first kappa shape index (κ1) is 12.6. The zero-order chi connectivity index (χ0) is 12.0. The summed E-state index contributed by atoms with van der Waals surface area (Å²) < 4.78 is 4.99. The predicted molar refractivity (Wildman–Crippen MR) is 67.5 cm³/mol. The summed E-state index contributed by atoms with van der Waals surface area (Å²) in [5.74, 6) is -0.217. The van der Waals surface area contributed by atoms with Gasteiger partial charge in [0.15, 0.2) is 0 Å². The van der Waals surface area contributed by atoms with E-state index in [4.69, 9.17) is 22.7 Å². The van der Waals surface area contributed by atoms with Crippen molar-refractivity contribution in [2.75, 3.05) is 18.5 Å². The predicted octanol–water partition coefficient (Wildman–Crippen LogP) is 1.30. The van der Waals surface area contributed by atoms with Gasteiger partial charge in [-0.1, -0.05) is 24.4 Å². The number of amides is 1. The average molecular weight is 238 g/mol. The van der Waals surface area contributed by atoms with Gasteiger partial charge in [-0.3, -0.25) is 4.79 Å². The van der Waals surface area contributed by atoms with E-state index in [-0.39, 0.29) is 17.5 Å². The van der Waals surface area contributed by atoms with Crippen LogP contribution >= 0.6 is 12.2 Å².